The Balaban J connectivity index is 1.42. The van der Waals surface area contributed by atoms with Crippen molar-refractivity contribution >= 4 is 38.9 Å². The van der Waals surface area contributed by atoms with Gasteiger partial charge in [0.05, 0.1) is 10.6 Å². The summed E-state index contributed by atoms with van der Waals surface area (Å²) in [6.45, 7) is 5.66. The number of nitrogens with zero attached hydrogens (tertiary/aromatic N) is 5. The number of benzene rings is 1. The first kappa shape index (κ1) is 21.7. The molecule has 0 aliphatic carbocycles. The van der Waals surface area contributed by atoms with Crippen LogP contribution in [-0.2, 0) is 21.4 Å². The van der Waals surface area contributed by atoms with Gasteiger partial charge in [-0.2, -0.15) is 14.4 Å². The van der Waals surface area contributed by atoms with Gasteiger partial charge in [-0.15, -0.1) is 0 Å². The first-order valence-corrected chi connectivity index (χ1v) is 12.1. The first-order valence-electron chi connectivity index (χ1n) is 9.85. The minimum atomic E-state index is -3.63. The van der Waals surface area contributed by atoms with Gasteiger partial charge < -0.3 is 4.90 Å². The van der Waals surface area contributed by atoms with Gasteiger partial charge in [-0.25, -0.2) is 12.8 Å². The Morgan fingerprint density at radius 2 is 1.84 bits per heavy atom. The number of carbonyl (C=O) groups is 1. The standard InChI is InChI=1S/C20H22FN5O3S2/c1-3-25-13-18(14(2)23-25)31(28,29)26-10-8-24(9-11-26)20-22-19(27)17(30-20)12-15-4-6-16(21)7-5-15/h4-7,12-13H,3,8-11H2,1-2H3. The quantitative estimate of drug-likeness (QED) is 0.647. The van der Waals surface area contributed by atoms with E-state index in [4.69, 9.17) is 0 Å². The molecule has 8 nitrogen and oxygen atoms in total. The Hall–Kier alpha value is -2.50. The summed E-state index contributed by atoms with van der Waals surface area (Å²) in [5.41, 5.74) is 1.20. The fourth-order valence-corrected chi connectivity index (χ4v) is 5.97. The summed E-state index contributed by atoms with van der Waals surface area (Å²) >= 11 is 1.25. The summed E-state index contributed by atoms with van der Waals surface area (Å²) in [4.78, 5) is 19.0. The molecule has 0 spiro atoms. The molecule has 1 aromatic heterocycles. The summed E-state index contributed by atoms with van der Waals surface area (Å²) in [5.74, 6) is -0.684. The molecular formula is C20H22FN5O3S2. The van der Waals surface area contributed by atoms with Crippen LogP contribution in [0.4, 0.5) is 4.39 Å². The van der Waals surface area contributed by atoms with Crippen molar-refractivity contribution < 1.29 is 17.6 Å². The number of amidine groups is 1. The number of aromatic nitrogens is 2. The van der Waals surface area contributed by atoms with E-state index < -0.39 is 10.0 Å². The van der Waals surface area contributed by atoms with Crippen molar-refractivity contribution in [1.29, 1.82) is 0 Å². The molecule has 1 amide bonds. The van der Waals surface area contributed by atoms with Crippen LogP contribution in [-0.4, -0.2) is 64.7 Å². The van der Waals surface area contributed by atoms with Crippen LogP contribution < -0.4 is 0 Å². The molecule has 1 saturated heterocycles. The number of piperazine rings is 1. The zero-order valence-electron chi connectivity index (χ0n) is 17.2. The van der Waals surface area contributed by atoms with Gasteiger partial charge in [0.2, 0.25) is 10.0 Å². The zero-order valence-corrected chi connectivity index (χ0v) is 18.8. The van der Waals surface area contributed by atoms with Crippen LogP contribution in [0.3, 0.4) is 0 Å². The number of amides is 1. The lowest BCUT2D eigenvalue weighted by Gasteiger charge is -2.34. The van der Waals surface area contributed by atoms with Crippen LogP contribution in [0.25, 0.3) is 6.08 Å². The van der Waals surface area contributed by atoms with E-state index in [2.05, 4.69) is 10.1 Å². The average molecular weight is 464 g/mol. The van der Waals surface area contributed by atoms with E-state index in [1.807, 2.05) is 11.8 Å². The topological polar surface area (TPSA) is 87.9 Å². The SMILES string of the molecule is CCn1cc(S(=O)(=O)N2CCN(C3=NC(=O)C(=Cc4ccc(F)cc4)S3)CC2)c(C)n1. The highest BCUT2D eigenvalue weighted by atomic mass is 32.2. The van der Waals surface area contributed by atoms with E-state index in [9.17, 15) is 17.6 Å². The van der Waals surface area contributed by atoms with Gasteiger partial charge in [0.1, 0.15) is 10.7 Å². The van der Waals surface area contributed by atoms with Crippen molar-refractivity contribution in [3.8, 4) is 0 Å². The summed E-state index contributed by atoms with van der Waals surface area (Å²) in [5, 5.41) is 4.80. The highest BCUT2D eigenvalue weighted by molar-refractivity contribution is 8.18. The third-order valence-electron chi connectivity index (χ3n) is 5.13. The minimum Gasteiger partial charge on any atom is -0.348 e. The maximum atomic E-state index is 13.1. The van der Waals surface area contributed by atoms with Gasteiger partial charge in [0.15, 0.2) is 5.17 Å². The van der Waals surface area contributed by atoms with Gasteiger partial charge in [-0.1, -0.05) is 12.1 Å². The van der Waals surface area contributed by atoms with Crippen molar-refractivity contribution in [3.63, 3.8) is 0 Å². The highest BCUT2D eigenvalue weighted by Crippen LogP contribution is 2.31. The van der Waals surface area contributed by atoms with Crippen molar-refractivity contribution in [2.45, 2.75) is 25.3 Å². The predicted molar refractivity (Wildman–Crippen MR) is 117 cm³/mol. The number of aryl methyl sites for hydroxylation is 2. The molecule has 2 aliphatic rings. The van der Waals surface area contributed by atoms with Crippen molar-refractivity contribution in [2.75, 3.05) is 26.2 Å². The molecule has 11 heteroatoms. The van der Waals surface area contributed by atoms with E-state index in [1.165, 1.54) is 28.2 Å². The summed E-state index contributed by atoms with van der Waals surface area (Å²) in [6.07, 6.45) is 3.25. The van der Waals surface area contributed by atoms with Gasteiger partial charge in [-0.3, -0.25) is 9.48 Å². The van der Waals surface area contributed by atoms with E-state index >= 15 is 0 Å². The summed E-state index contributed by atoms with van der Waals surface area (Å²) in [7, 11) is -3.63. The molecular weight excluding hydrogens is 441 g/mol. The summed E-state index contributed by atoms with van der Waals surface area (Å²) < 4.78 is 42.2. The second-order valence-corrected chi connectivity index (χ2v) is 10.1. The molecule has 2 aromatic rings. The average Bonchev–Trinajstić information content (AvgIpc) is 3.32. The van der Waals surface area contributed by atoms with Crippen LogP contribution in [0.15, 0.2) is 45.3 Å². The third kappa shape index (κ3) is 4.43. The Labute approximate surface area is 184 Å². The molecule has 2 aliphatic heterocycles. The molecule has 1 aromatic carbocycles. The molecule has 164 valence electrons. The molecule has 0 saturated carbocycles. The Morgan fingerprint density at radius 3 is 2.45 bits per heavy atom. The van der Waals surface area contributed by atoms with Gasteiger partial charge >= 0.3 is 0 Å². The highest BCUT2D eigenvalue weighted by Gasteiger charge is 2.34. The number of halogens is 1. The second-order valence-electron chi connectivity index (χ2n) is 7.19. The maximum absolute atomic E-state index is 13.1. The molecule has 0 N–H and O–H groups in total. The first-order chi connectivity index (χ1) is 14.8. The lowest BCUT2D eigenvalue weighted by atomic mass is 10.2. The second kappa shape index (κ2) is 8.56. The number of hydrogen-bond donors (Lipinski definition) is 0. The van der Waals surface area contributed by atoms with Crippen molar-refractivity contribution in [3.05, 3.63) is 52.4 Å². The number of aliphatic imine (C=N–C) groups is 1. The number of carbonyl (C=O) groups excluding carboxylic acids is 1. The van der Waals surface area contributed by atoms with Gasteiger partial charge in [0.25, 0.3) is 5.91 Å². The number of hydrogen-bond acceptors (Lipinski definition) is 6. The summed E-state index contributed by atoms with van der Waals surface area (Å²) in [6, 6.07) is 5.87. The Kier molecular flexibility index (Phi) is 6.00. The van der Waals surface area contributed by atoms with E-state index in [1.54, 1.807) is 36.0 Å². The smallest absolute Gasteiger partial charge is 0.286 e. The minimum absolute atomic E-state index is 0.232. The van der Waals surface area contributed by atoms with Crippen LogP contribution in [0, 0.1) is 12.7 Å². The maximum Gasteiger partial charge on any atom is 0.286 e. The fraction of sp³-hybridized carbons (Fsp3) is 0.350. The molecule has 0 unspecified atom stereocenters. The van der Waals surface area contributed by atoms with Crippen LogP contribution in [0.5, 0.6) is 0 Å². The molecule has 0 radical (unpaired) electrons. The molecule has 0 bridgehead atoms. The molecule has 0 atom stereocenters. The van der Waals surface area contributed by atoms with Crippen LogP contribution in [0.2, 0.25) is 0 Å². The lowest BCUT2D eigenvalue weighted by Crippen LogP contribution is -2.49. The van der Waals surface area contributed by atoms with Crippen molar-refractivity contribution in [2.24, 2.45) is 4.99 Å². The number of thioether (sulfide) groups is 1. The fourth-order valence-electron chi connectivity index (χ4n) is 3.42. The predicted octanol–water partition coefficient (Wildman–Crippen LogP) is 2.33. The van der Waals surface area contributed by atoms with E-state index in [-0.39, 0.29) is 16.6 Å². The largest absolute Gasteiger partial charge is 0.348 e. The monoisotopic (exact) mass is 463 g/mol. The van der Waals surface area contributed by atoms with E-state index in [0.717, 1.165) is 0 Å². The number of rotatable bonds is 4. The Bertz CT molecular complexity index is 1160. The lowest BCUT2D eigenvalue weighted by molar-refractivity contribution is -0.113. The molecule has 3 heterocycles. The zero-order chi connectivity index (χ0) is 22.2. The number of sulfonamides is 1. The molecule has 4 rings (SSSR count). The van der Waals surface area contributed by atoms with Gasteiger partial charge in [0, 0.05) is 38.9 Å². The third-order valence-corrected chi connectivity index (χ3v) is 8.18. The molecule has 1 fully saturated rings. The van der Waals surface area contributed by atoms with Crippen molar-refractivity contribution in [1.82, 2.24) is 19.0 Å². The van der Waals surface area contributed by atoms with Gasteiger partial charge in [-0.05, 0) is 49.4 Å². The molecule has 31 heavy (non-hydrogen) atoms. The van der Waals surface area contributed by atoms with E-state index in [0.29, 0.717) is 54.1 Å². The normalized spacial score (nSPS) is 19.3. The van der Waals surface area contributed by atoms with Crippen LogP contribution >= 0.6 is 11.8 Å². The Morgan fingerprint density at radius 1 is 1.16 bits per heavy atom. The van der Waals surface area contributed by atoms with Crippen LogP contribution in [0.1, 0.15) is 18.2 Å².